The van der Waals surface area contributed by atoms with Gasteiger partial charge in [0, 0.05) is 30.9 Å². The summed E-state index contributed by atoms with van der Waals surface area (Å²) in [6.07, 6.45) is 1.82. The van der Waals surface area contributed by atoms with Crippen LogP contribution in [-0.2, 0) is 21.4 Å². The van der Waals surface area contributed by atoms with Gasteiger partial charge in [-0.3, -0.25) is 4.79 Å². The summed E-state index contributed by atoms with van der Waals surface area (Å²) in [7, 11) is -3.46. The molecule has 2 unspecified atom stereocenters. The Morgan fingerprint density at radius 2 is 2.27 bits per heavy atom. The van der Waals surface area contributed by atoms with Crippen LogP contribution in [0.15, 0.2) is 16.3 Å². The van der Waals surface area contributed by atoms with E-state index in [9.17, 15) is 13.2 Å². The highest BCUT2D eigenvalue weighted by molar-refractivity contribution is 7.91. The predicted octanol–water partition coefficient (Wildman–Crippen LogP) is 1.13. The molecule has 1 aromatic heterocycles. The van der Waals surface area contributed by atoms with Gasteiger partial charge < -0.3 is 11.1 Å². The highest BCUT2D eigenvalue weighted by atomic mass is 32.2. The van der Waals surface area contributed by atoms with Crippen LogP contribution in [0.3, 0.4) is 0 Å². The lowest BCUT2D eigenvalue weighted by molar-refractivity contribution is -0.119. The molecule has 6 nitrogen and oxygen atoms in total. The van der Waals surface area contributed by atoms with Crippen LogP contribution in [0.4, 0.5) is 0 Å². The number of hydrogen-bond acceptors (Lipinski definition) is 5. The van der Waals surface area contributed by atoms with Crippen molar-refractivity contribution < 1.29 is 13.2 Å². The van der Waals surface area contributed by atoms with E-state index in [0.29, 0.717) is 23.8 Å². The lowest BCUT2D eigenvalue weighted by atomic mass is 9.93. The van der Waals surface area contributed by atoms with E-state index in [4.69, 9.17) is 5.73 Å². The molecule has 1 aliphatic rings. The Kier molecular flexibility index (Phi) is 5.60. The quantitative estimate of drug-likeness (QED) is 0.837. The summed E-state index contributed by atoms with van der Waals surface area (Å²) in [6, 6.07) is 3.37. The highest BCUT2D eigenvalue weighted by Gasteiger charge is 2.32. The van der Waals surface area contributed by atoms with E-state index in [1.165, 1.54) is 18.3 Å². The van der Waals surface area contributed by atoms with Crippen LogP contribution in [0, 0.1) is 5.92 Å². The van der Waals surface area contributed by atoms with Crippen molar-refractivity contribution in [1.82, 2.24) is 9.62 Å². The number of nitrogens with zero attached hydrogens (tertiary/aromatic N) is 1. The molecule has 0 spiro atoms. The molecule has 1 amide bonds. The first-order valence-electron chi connectivity index (χ1n) is 7.39. The molecule has 8 heteroatoms. The zero-order valence-electron chi connectivity index (χ0n) is 12.9. The van der Waals surface area contributed by atoms with Gasteiger partial charge in [-0.15, -0.1) is 11.3 Å². The maximum absolute atomic E-state index is 12.7. The van der Waals surface area contributed by atoms with E-state index >= 15 is 0 Å². The SMILES string of the molecule is CC(=O)NCc1ccc(S(=O)(=O)N2CCCC(C(C)N)C2)s1. The highest BCUT2D eigenvalue weighted by Crippen LogP contribution is 2.29. The molecule has 1 fully saturated rings. The molecule has 0 aliphatic carbocycles. The average Bonchev–Trinajstić information content (AvgIpc) is 2.95. The second kappa shape index (κ2) is 7.08. The third-order valence-electron chi connectivity index (χ3n) is 3.91. The van der Waals surface area contributed by atoms with Crippen molar-refractivity contribution in [3.05, 3.63) is 17.0 Å². The van der Waals surface area contributed by atoms with Gasteiger partial charge in [0.25, 0.3) is 10.0 Å². The van der Waals surface area contributed by atoms with Crippen LogP contribution in [0.25, 0.3) is 0 Å². The van der Waals surface area contributed by atoms with Crippen molar-refractivity contribution in [3.63, 3.8) is 0 Å². The molecule has 2 rings (SSSR count). The van der Waals surface area contributed by atoms with Crippen LogP contribution < -0.4 is 11.1 Å². The number of nitrogens with two attached hydrogens (primary N) is 1. The average molecular weight is 345 g/mol. The fraction of sp³-hybridized carbons (Fsp3) is 0.643. The monoisotopic (exact) mass is 345 g/mol. The first kappa shape index (κ1) is 17.4. The van der Waals surface area contributed by atoms with Crippen molar-refractivity contribution >= 4 is 27.3 Å². The zero-order chi connectivity index (χ0) is 16.3. The van der Waals surface area contributed by atoms with Crippen molar-refractivity contribution in [2.75, 3.05) is 13.1 Å². The largest absolute Gasteiger partial charge is 0.351 e. The Balaban J connectivity index is 2.11. The molecular weight excluding hydrogens is 322 g/mol. The number of sulfonamides is 1. The number of nitrogens with one attached hydrogen (secondary N) is 1. The first-order valence-corrected chi connectivity index (χ1v) is 9.65. The van der Waals surface area contributed by atoms with Crippen LogP contribution in [-0.4, -0.2) is 37.8 Å². The minimum atomic E-state index is -3.46. The van der Waals surface area contributed by atoms with Gasteiger partial charge in [-0.1, -0.05) is 0 Å². The van der Waals surface area contributed by atoms with E-state index in [1.54, 1.807) is 16.4 Å². The zero-order valence-corrected chi connectivity index (χ0v) is 14.5. The molecule has 0 radical (unpaired) electrons. The fourth-order valence-corrected chi connectivity index (χ4v) is 5.54. The molecule has 2 heterocycles. The summed E-state index contributed by atoms with van der Waals surface area (Å²) >= 11 is 1.21. The standard InChI is InChI=1S/C14H23N3O3S2/c1-10(15)12-4-3-7-17(9-12)22(19,20)14-6-5-13(21-14)8-16-11(2)18/h5-6,10,12H,3-4,7-9,15H2,1-2H3,(H,16,18). The topological polar surface area (TPSA) is 92.5 Å². The van der Waals surface area contributed by atoms with Crippen LogP contribution in [0.5, 0.6) is 0 Å². The van der Waals surface area contributed by atoms with E-state index in [-0.39, 0.29) is 17.9 Å². The second-order valence-corrected chi connectivity index (χ2v) is 9.09. The Hall–Kier alpha value is -0.960. The number of rotatable bonds is 5. The van der Waals surface area contributed by atoms with Crippen LogP contribution in [0.2, 0.25) is 0 Å². The third-order valence-corrected chi connectivity index (χ3v) is 7.32. The first-order chi connectivity index (χ1) is 10.3. The van der Waals surface area contributed by atoms with Crippen LogP contribution >= 0.6 is 11.3 Å². The van der Waals surface area contributed by atoms with Crippen molar-refractivity contribution in [1.29, 1.82) is 0 Å². The summed E-state index contributed by atoms with van der Waals surface area (Å²) in [5.41, 5.74) is 5.92. The Labute approximate surface area is 135 Å². The maximum atomic E-state index is 12.7. The lowest BCUT2D eigenvalue weighted by Crippen LogP contribution is -2.44. The number of amides is 1. The third kappa shape index (κ3) is 4.07. The molecule has 0 aromatic carbocycles. The van der Waals surface area contributed by atoms with Gasteiger partial charge in [0.15, 0.2) is 0 Å². The Morgan fingerprint density at radius 3 is 2.91 bits per heavy atom. The van der Waals surface area contributed by atoms with Crippen molar-refractivity contribution in [2.45, 2.75) is 43.5 Å². The van der Waals surface area contributed by atoms with E-state index < -0.39 is 10.0 Å². The maximum Gasteiger partial charge on any atom is 0.252 e. The number of carbonyl (C=O) groups is 1. The summed E-state index contributed by atoms with van der Waals surface area (Å²) in [4.78, 5) is 11.8. The molecule has 0 saturated carbocycles. The minimum Gasteiger partial charge on any atom is -0.351 e. The van der Waals surface area contributed by atoms with Gasteiger partial charge in [0.05, 0.1) is 6.54 Å². The van der Waals surface area contributed by atoms with Crippen molar-refractivity contribution in [2.24, 2.45) is 11.7 Å². The van der Waals surface area contributed by atoms with E-state index in [2.05, 4.69) is 5.32 Å². The number of carbonyl (C=O) groups excluding carboxylic acids is 1. The Bertz CT molecular complexity index is 625. The van der Waals surface area contributed by atoms with E-state index in [1.807, 2.05) is 6.92 Å². The Morgan fingerprint density at radius 1 is 1.55 bits per heavy atom. The van der Waals surface area contributed by atoms with Gasteiger partial charge in [-0.25, -0.2) is 8.42 Å². The number of thiophene rings is 1. The molecule has 22 heavy (non-hydrogen) atoms. The molecule has 1 aliphatic heterocycles. The number of piperidine rings is 1. The van der Waals surface area contributed by atoms with Gasteiger partial charge in [-0.2, -0.15) is 4.31 Å². The smallest absolute Gasteiger partial charge is 0.252 e. The molecular formula is C14H23N3O3S2. The number of hydrogen-bond donors (Lipinski definition) is 2. The molecule has 1 saturated heterocycles. The van der Waals surface area contributed by atoms with Crippen molar-refractivity contribution in [3.8, 4) is 0 Å². The van der Waals surface area contributed by atoms with Gasteiger partial charge in [0.1, 0.15) is 4.21 Å². The predicted molar refractivity (Wildman–Crippen MR) is 87.0 cm³/mol. The molecule has 124 valence electrons. The second-order valence-electron chi connectivity index (χ2n) is 5.75. The van der Waals surface area contributed by atoms with Gasteiger partial charge >= 0.3 is 0 Å². The molecule has 1 aromatic rings. The minimum absolute atomic E-state index is 0.00309. The lowest BCUT2D eigenvalue weighted by Gasteiger charge is -2.33. The van der Waals surface area contributed by atoms with Gasteiger partial charge in [0.2, 0.25) is 5.91 Å². The fourth-order valence-electron chi connectivity index (χ4n) is 2.55. The molecule has 3 N–H and O–H groups in total. The van der Waals surface area contributed by atoms with E-state index in [0.717, 1.165) is 17.7 Å². The summed E-state index contributed by atoms with van der Waals surface area (Å²) in [6.45, 7) is 4.76. The molecule has 2 atom stereocenters. The summed E-state index contributed by atoms with van der Waals surface area (Å²) < 4.78 is 27.3. The summed E-state index contributed by atoms with van der Waals surface area (Å²) in [5, 5.41) is 2.67. The molecule has 0 bridgehead atoms. The van der Waals surface area contributed by atoms with Gasteiger partial charge in [-0.05, 0) is 37.8 Å². The normalized spacial score (nSPS) is 21.5. The van der Waals surface area contributed by atoms with Crippen LogP contribution in [0.1, 0.15) is 31.6 Å². The summed E-state index contributed by atoms with van der Waals surface area (Å²) in [5.74, 6) is 0.0796.